The predicted molar refractivity (Wildman–Crippen MR) is 111 cm³/mol. The second-order valence-corrected chi connectivity index (χ2v) is 7.09. The topological polar surface area (TPSA) is 311 Å². The summed E-state index contributed by atoms with van der Waals surface area (Å²) in [6.45, 7) is 4.04. The van der Waals surface area contributed by atoms with Crippen molar-refractivity contribution in [3.63, 3.8) is 0 Å². The Hall–Kier alpha value is -0.665. The maximum absolute atomic E-state index is 11.0. The third-order valence-electron chi connectivity index (χ3n) is 4.51. The van der Waals surface area contributed by atoms with E-state index in [1.165, 1.54) is 0 Å². The van der Waals surface area contributed by atoms with Crippen LogP contribution in [-0.4, -0.2) is 155 Å². The van der Waals surface area contributed by atoms with E-state index in [0.717, 1.165) is 0 Å². The summed E-state index contributed by atoms with van der Waals surface area (Å²) in [4.78, 5) is 39.9. The van der Waals surface area contributed by atoms with E-state index < -0.39 is 24.0 Å². The van der Waals surface area contributed by atoms with Gasteiger partial charge in [0, 0.05) is 78.5 Å². The molecule has 0 amide bonds. The molecule has 1 atom stereocenters. The van der Waals surface area contributed by atoms with Crippen molar-refractivity contribution in [3.8, 4) is 0 Å². The molecular weight excluding hydrogens is 609 g/mol. The largest absolute Gasteiger partial charge is 3.00 e. The first kappa shape index (κ1) is 46.6. The summed E-state index contributed by atoms with van der Waals surface area (Å²) in [5.74, 6) is -3.70. The van der Waals surface area contributed by atoms with Crippen LogP contribution in [0.2, 0.25) is 0 Å². The number of hydrogen-bond acceptors (Lipinski definition) is 11. The minimum atomic E-state index is -1.26. The Balaban J connectivity index is -0.000000327. The second-order valence-electron chi connectivity index (χ2n) is 7.09. The van der Waals surface area contributed by atoms with Crippen LogP contribution < -0.4 is 15.3 Å². The summed E-state index contributed by atoms with van der Waals surface area (Å²) >= 11 is 0. The number of aliphatic hydroxyl groups is 1. The van der Waals surface area contributed by atoms with E-state index in [9.17, 15) is 34.8 Å². The smallest absolute Gasteiger partial charge is 0.549 e. The Morgan fingerprint density at radius 2 is 0.824 bits per heavy atom. The third kappa shape index (κ3) is 23.1. The summed E-state index contributed by atoms with van der Waals surface area (Å²) < 4.78 is 0. The van der Waals surface area contributed by atoms with Gasteiger partial charge in [0.15, 0.2) is 0 Å². The molecule has 0 aromatic carbocycles. The van der Waals surface area contributed by atoms with Gasteiger partial charge in [-0.25, -0.2) is 0 Å². The standard InChI is InChI=1S/C17H32N4O7.Gd.5H2O/c1-14(22)10-18-2-4-19(11-15(23)24)6-8-21(13-17(27)28)9-7-20(5-3-18)12-16(25)26;;;;;;/h14,22H,2-13H2,1H3,(H,23,24)(H,25,26)(H,27,28);;5*1H2/q;+3;;;;;/p-3. The minimum absolute atomic E-state index is 0. The van der Waals surface area contributed by atoms with Crippen LogP contribution >= 0.6 is 0 Å². The minimum Gasteiger partial charge on any atom is -0.549 e. The zero-order valence-electron chi connectivity index (χ0n) is 19.1. The number of nitrogens with zero attached hydrogens (tertiary/aromatic N) is 4. The first-order valence-electron chi connectivity index (χ1n) is 9.32. The van der Waals surface area contributed by atoms with Gasteiger partial charge in [0.05, 0.1) is 24.0 Å². The fraction of sp³-hybridized carbons (Fsp3) is 0.824. The van der Waals surface area contributed by atoms with Gasteiger partial charge in [0.1, 0.15) is 0 Å². The number of β-amino-alcohol motifs (C(OH)–C–C–N with tert-alkyl or cyclic N) is 1. The molecule has 16 nitrogen and oxygen atoms in total. The molecule has 207 valence electrons. The molecule has 1 fully saturated rings. The zero-order valence-corrected chi connectivity index (χ0v) is 21.4. The molecule has 1 aliphatic rings. The molecule has 1 saturated heterocycles. The molecule has 0 spiro atoms. The van der Waals surface area contributed by atoms with Gasteiger partial charge in [-0.2, -0.15) is 0 Å². The number of hydrogen-bond donors (Lipinski definition) is 1. The average Bonchev–Trinajstić information content (AvgIpc) is 2.55. The van der Waals surface area contributed by atoms with Gasteiger partial charge in [0.2, 0.25) is 0 Å². The van der Waals surface area contributed by atoms with Crippen LogP contribution in [0.5, 0.6) is 0 Å². The summed E-state index contributed by atoms with van der Waals surface area (Å²) in [6.07, 6.45) is -0.587. The van der Waals surface area contributed by atoms with Crippen molar-refractivity contribution in [2.24, 2.45) is 0 Å². The van der Waals surface area contributed by atoms with Crippen LogP contribution in [0.3, 0.4) is 0 Å². The van der Waals surface area contributed by atoms with Crippen LogP contribution in [0.1, 0.15) is 6.92 Å². The Labute approximate surface area is 230 Å². The summed E-state index contributed by atoms with van der Waals surface area (Å²) in [5, 5.41) is 42.7. The van der Waals surface area contributed by atoms with Crippen molar-refractivity contribution in [1.29, 1.82) is 0 Å². The van der Waals surface area contributed by atoms with Crippen LogP contribution in [-0.2, 0) is 14.4 Å². The number of carboxylic acid groups (broad SMARTS) is 3. The van der Waals surface area contributed by atoms with Crippen LogP contribution in [0.15, 0.2) is 0 Å². The van der Waals surface area contributed by atoms with Crippen LogP contribution in [0.4, 0.5) is 0 Å². The van der Waals surface area contributed by atoms with E-state index in [1.807, 2.05) is 4.90 Å². The van der Waals surface area contributed by atoms with Gasteiger partial charge in [-0.3, -0.25) is 19.6 Å². The van der Waals surface area contributed by atoms with E-state index in [0.29, 0.717) is 45.8 Å². The van der Waals surface area contributed by atoms with Gasteiger partial charge in [-0.1, -0.05) is 0 Å². The number of rotatable bonds is 8. The summed E-state index contributed by atoms with van der Waals surface area (Å²) in [7, 11) is 0. The van der Waals surface area contributed by atoms with Crippen molar-refractivity contribution in [2.45, 2.75) is 13.0 Å². The molecule has 0 aliphatic carbocycles. The van der Waals surface area contributed by atoms with Crippen molar-refractivity contribution in [1.82, 2.24) is 19.6 Å². The van der Waals surface area contributed by atoms with Crippen LogP contribution in [0.25, 0.3) is 0 Å². The quantitative estimate of drug-likeness (QED) is 0.257. The Bertz CT molecular complexity index is 501. The fourth-order valence-corrected chi connectivity index (χ4v) is 3.16. The first-order valence-corrected chi connectivity index (χ1v) is 9.32. The van der Waals surface area contributed by atoms with Gasteiger partial charge < -0.3 is 62.2 Å². The molecule has 1 radical (unpaired) electrons. The first-order chi connectivity index (χ1) is 13.2. The average molecular weight is 649 g/mol. The SMILES string of the molecule is CC(O)CN1CCN(CC(=O)[O-])CCN(CC(=O)[O-])CCN(CC(=O)[O-])CC1.O.O.O.O.O.[Gd+3]. The number of aliphatic hydroxyl groups excluding tert-OH is 1. The number of carbonyl (C=O) groups excluding carboxylic acids is 3. The molecule has 11 N–H and O–H groups in total. The van der Waals surface area contributed by atoms with Crippen molar-refractivity contribution in [2.75, 3.05) is 78.5 Å². The number of aliphatic carboxylic acids is 3. The third-order valence-corrected chi connectivity index (χ3v) is 4.51. The van der Waals surface area contributed by atoms with Crippen molar-refractivity contribution >= 4 is 17.9 Å². The number of carboxylic acids is 3. The molecule has 1 aliphatic heterocycles. The van der Waals surface area contributed by atoms with Gasteiger partial charge >= 0.3 is 39.9 Å². The van der Waals surface area contributed by atoms with E-state index in [2.05, 4.69) is 0 Å². The van der Waals surface area contributed by atoms with E-state index in [-0.39, 0.29) is 100 Å². The molecular formula is C17H39GdN4O12. The van der Waals surface area contributed by atoms with Crippen molar-refractivity contribution in [3.05, 3.63) is 0 Å². The zero-order chi connectivity index (χ0) is 21.1. The Kier molecular flexibility index (Phi) is 34.9. The fourth-order valence-electron chi connectivity index (χ4n) is 3.16. The summed E-state index contributed by atoms with van der Waals surface area (Å²) in [6, 6.07) is 0. The monoisotopic (exact) mass is 649 g/mol. The molecule has 1 heterocycles. The maximum Gasteiger partial charge on any atom is 3.00 e. The molecule has 0 aromatic rings. The molecule has 1 unspecified atom stereocenters. The molecule has 1 rings (SSSR count). The maximum atomic E-state index is 11.0. The number of carbonyl (C=O) groups is 3. The van der Waals surface area contributed by atoms with E-state index in [1.54, 1.807) is 21.6 Å². The van der Waals surface area contributed by atoms with Gasteiger partial charge in [-0.15, -0.1) is 0 Å². The van der Waals surface area contributed by atoms with Gasteiger partial charge in [-0.05, 0) is 6.92 Å². The molecule has 0 bridgehead atoms. The predicted octanol–water partition coefficient (Wildman–Crippen LogP) is -10.3. The molecule has 0 aromatic heterocycles. The van der Waals surface area contributed by atoms with E-state index >= 15 is 0 Å². The van der Waals surface area contributed by atoms with Crippen LogP contribution in [0, 0.1) is 39.9 Å². The van der Waals surface area contributed by atoms with Crippen molar-refractivity contribution < 1.29 is 102 Å². The van der Waals surface area contributed by atoms with Gasteiger partial charge in [0.25, 0.3) is 0 Å². The molecule has 17 heteroatoms. The summed E-state index contributed by atoms with van der Waals surface area (Å²) in [5.41, 5.74) is 0. The normalized spacial score (nSPS) is 17.1. The Morgan fingerprint density at radius 1 is 0.618 bits per heavy atom. The van der Waals surface area contributed by atoms with E-state index in [4.69, 9.17) is 0 Å². The molecule has 34 heavy (non-hydrogen) atoms. The second kappa shape index (κ2) is 25.4. The molecule has 0 saturated carbocycles. The Morgan fingerprint density at radius 3 is 1.00 bits per heavy atom.